The highest BCUT2D eigenvalue weighted by molar-refractivity contribution is 6.73. The van der Waals surface area contributed by atoms with E-state index in [2.05, 4.69) is 46.8 Å². The maximum Gasteiger partial charge on any atom is 0.303 e. The quantitative estimate of drug-likeness (QED) is 0.129. The molecule has 182 valence electrons. The Bertz CT molecular complexity index is 492. The number of allylic oxidation sites excluding steroid dienone is 2. The predicted octanol–water partition coefficient (Wildman–Crippen LogP) is 8.60. The fraction of sp³-hybridized carbons (Fsp3) is 0.889. The zero-order chi connectivity index (χ0) is 23.1. The number of hydrogen-bond acceptors (Lipinski definition) is 2. The first-order valence-electron chi connectivity index (χ1n) is 13.5. The Morgan fingerprint density at radius 1 is 0.935 bits per heavy atom. The van der Waals surface area contributed by atoms with Crippen molar-refractivity contribution >= 4 is 14.3 Å². The van der Waals surface area contributed by atoms with Crippen LogP contribution in [-0.2, 0) is 9.22 Å². The van der Waals surface area contributed by atoms with Gasteiger partial charge < -0.3 is 9.53 Å². The van der Waals surface area contributed by atoms with Crippen molar-refractivity contribution in [2.75, 3.05) is 0 Å². The van der Waals surface area contributed by atoms with Crippen LogP contribution >= 0.6 is 0 Å². The second kappa shape index (κ2) is 16.1. The van der Waals surface area contributed by atoms with Gasteiger partial charge in [-0.2, -0.15) is 0 Å². The van der Waals surface area contributed by atoms with Gasteiger partial charge in [-0.3, -0.25) is 4.79 Å². The van der Waals surface area contributed by atoms with Gasteiger partial charge >= 0.3 is 5.97 Å². The summed E-state index contributed by atoms with van der Waals surface area (Å²) in [4.78, 5) is 10.7. The van der Waals surface area contributed by atoms with Crippen LogP contribution < -0.4 is 0 Å². The van der Waals surface area contributed by atoms with Gasteiger partial charge in [0, 0.05) is 12.5 Å². The van der Waals surface area contributed by atoms with E-state index in [0.717, 1.165) is 25.2 Å². The number of carboxylic acids is 1. The molecular formula is C27H52O3Si. The van der Waals surface area contributed by atoms with Crippen LogP contribution in [0.3, 0.4) is 0 Å². The molecule has 1 saturated carbocycles. The van der Waals surface area contributed by atoms with E-state index < -0.39 is 14.3 Å². The number of hydrogen-bond donors (Lipinski definition) is 1. The molecule has 0 spiro atoms. The first-order valence-corrected chi connectivity index (χ1v) is 16.0. The van der Waals surface area contributed by atoms with Crippen LogP contribution in [0.4, 0.5) is 0 Å². The van der Waals surface area contributed by atoms with Gasteiger partial charge in [0.25, 0.3) is 0 Å². The number of rotatable bonds is 18. The topological polar surface area (TPSA) is 46.5 Å². The minimum absolute atomic E-state index is 0.276. The average molecular weight is 453 g/mol. The highest BCUT2D eigenvalue weighted by Crippen LogP contribution is 2.45. The van der Waals surface area contributed by atoms with Crippen molar-refractivity contribution in [3.05, 3.63) is 12.2 Å². The van der Waals surface area contributed by atoms with Crippen molar-refractivity contribution in [3.63, 3.8) is 0 Å². The van der Waals surface area contributed by atoms with Crippen LogP contribution in [0.5, 0.6) is 0 Å². The van der Waals surface area contributed by atoms with Gasteiger partial charge in [-0.15, -0.1) is 0 Å². The Morgan fingerprint density at radius 2 is 1.58 bits per heavy atom. The minimum atomic E-state index is -1.58. The van der Waals surface area contributed by atoms with Gasteiger partial charge in [-0.05, 0) is 68.0 Å². The van der Waals surface area contributed by atoms with E-state index in [1.807, 2.05) is 0 Å². The van der Waals surface area contributed by atoms with E-state index in [0.29, 0.717) is 17.9 Å². The monoisotopic (exact) mass is 452 g/mol. The Kier molecular flexibility index (Phi) is 14.7. The molecule has 1 fully saturated rings. The third-order valence-electron chi connectivity index (χ3n) is 7.92. The summed E-state index contributed by atoms with van der Waals surface area (Å²) in [5.41, 5.74) is 0. The normalized spacial score (nSPS) is 24.3. The number of unbranched alkanes of at least 4 members (excludes halogenated alkanes) is 6. The van der Waals surface area contributed by atoms with Crippen molar-refractivity contribution in [3.8, 4) is 0 Å². The molecule has 0 unspecified atom stereocenters. The number of aliphatic carboxylic acids is 1. The van der Waals surface area contributed by atoms with E-state index in [1.54, 1.807) is 0 Å². The fourth-order valence-corrected chi connectivity index (χ4v) is 8.49. The zero-order valence-electron chi connectivity index (χ0n) is 21.3. The molecule has 0 aromatic rings. The molecule has 0 radical (unpaired) electrons. The molecular weight excluding hydrogens is 400 g/mol. The zero-order valence-corrected chi connectivity index (χ0v) is 22.3. The average Bonchev–Trinajstić information content (AvgIpc) is 3.05. The molecule has 4 heteroatoms. The van der Waals surface area contributed by atoms with Crippen LogP contribution in [0, 0.1) is 17.8 Å². The maximum absolute atomic E-state index is 10.7. The molecule has 0 aromatic heterocycles. The molecule has 1 aliphatic rings. The third-order valence-corrected chi connectivity index (χ3v) is 12.6. The van der Waals surface area contributed by atoms with Gasteiger partial charge in [0.05, 0.1) is 0 Å². The van der Waals surface area contributed by atoms with Crippen molar-refractivity contribution in [1.82, 2.24) is 0 Å². The molecule has 0 saturated heterocycles. The van der Waals surface area contributed by atoms with Gasteiger partial charge in [-0.1, -0.05) is 85.3 Å². The fourth-order valence-electron chi connectivity index (χ4n) is 5.58. The maximum atomic E-state index is 10.7. The summed E-state index contributed by atoms with van der Waals surface area (Å²) in [6.45, 7) is 11.8. The first kappa shape index (κ1) is 28.4. The first-order chi connectivity index (χ1) is 14.9. The smallest absolute Gasteiger partial charge is 0.303 e. The van der Waals surface area contributed by atoms with E-state index in [-0.39, 0.29) is 6.42 Å². The molecule has 1 aliphatic carbocycles. The van der Waals surface area contributed by atoms with E-state index in [9.17, 15) is 4.79 Å². The Hall–Kier alpha value is -0.613. The molecule has 1 rings (SSSR count). The second-order valence-electron chi connectivity index (χ2n) is 9.99. The molecule has 0 amide bonds. The van der Waals surface area contributed by atoms with Crippen molar-refractivity contribution in [1.29, 1.82) is 0 Å². The van der Waals surface area contributed by atoms with Gasteiger partial charge in [0.1, 0.15) is 0 Å². The van der Waals surface area contributed by atoms with Crippen molar-refractivity contribution < 1.29 is 14.3 Å². The Balaban J connectivity index is 2.72. The van der Waals surface area contributed by atoms with Crippen molar-refractivity contribution in [2.45, 2.75) is 136 Å². The molecule has 1 N–H and O–H groups in total. The Morgan fingerprint density at radius 3 is 2.19 bits per heavy atom. The molecule has 3 nitrogen and oxygen atoms in total. The molecule has 0 heterocycles. The molecule has 4 atom stereocenters. The minimum Gasteiger partial charge on any atom is -0.481 e. The lowest BCUT2D eigenvalue weighted by molar-refractivity contribution is -0.137. The summed E-state index contributed by atoms with van der Waals surface area (Å²) < 4.78 is 7.08. The van der Waals surface area contributed by atoms with E-state index in [1.165, 1.54) is 69.5 Å². The third kappa shape index (κ3) is 10.2. The summed E-state index contributed by atoms with van der Waals surface area (Å²) in [7, 11) is -1.58. The summed E-state index contributed by atoms with van der Waals surface area (Å²) in [6, 6.07) is 3.72. The van der Waals surface area contributed by atoms with Gasteiger partial charge in [0.15, 0.2) is 8.32 Å². The van der Waals surface area contributed by atoms with Crippen LogP contribution in [0.15, 0.2) is 12.2 Å². The molecule has 0 bridgehead atoms. The highest BCUT2D eigenvalue weighted by atomic mass is 28.4. The van der Waals surface area contributed by atoms with Gasteiger partial charge in [0.2, 0.25) is 0 Å². The van der Waals surface area contributed by atoms with E-state index in [4.69, 9.17) is 9.53 Å². The van der Waals surface area contributed by atoms with Crippen LogP contribution in [-0.4, -0.2) is 25.5 Å². The van der Waals surface area contributed by atoms with Crippen LogP contribution in [0.2, 0.25) is 18.1 Å². The highest BCUT2D eigenvalue weighted by Gasteiger charge is 2.44. The van der Waals surface area contributed by atoms with Gasteiger partial charge in [-0.25, -0.2) is 0 Å². The largest absolute Gasteiger partial charge is 0.481 e. The Labute approximate surface area is 194 Å². The predicted molar refractivity (Wildman–Crippen MR) is 136 cm³/mol. The van der Waals surface area contributed by atoms with Crippen molar-refractivity contribution in [2.24, 2.45) is 17.8 Å². The van der Waals surface area contributed by atoms with Crippen LogP contribution in [0.1, 0.15) is 112 Å². The summed E-state index contributed by atoms with van der Waals surface area (Å²) in [5.74, 6) is 1.44. The second-order valence-corrected chi connectivity index (χ2v) is 14.7. The molecule has 0 aliphatic heterocycles. The lowest BCUT2D eigenvalue weighted by Gasteiger charge is -2.35. The summed E-state index contributed by atoms with van der Waals surface area (Å²) in [5, 5.41) is 8.81. The SMILES string of the molecule is CCCCCCCC[C@@H]1[C@@H](C/C=C\CCCC(=O)O)[C@@H](C)C[C@H]1O[Si](CC)(CC)CC. The molecule has 0 aromatic carbocycles. The summed E-state index contributed by atoms with van der Waals surface area (Å²) >= 11 is 0. The van der Waals surface area contributed by atoms with E-state index >= 15 is 0 Å². The lowest BCUT2D eigenvalue weighted by Crippen LogP contribution is -2.41. The molecule has 31 heavy (non-hydrogen) atoms. The standard InChI is InChI=1S/C27H52O3Si/c1-6-10-11-12-13-17-20-25-24(19-16-14-15-18-21-27(28)29)23(5)22-26(25)30-31(7-2,8-3)9-4/h14,16,23-26H,6-13,15,17-22H2,1-5H3,(H,28,29)/b16-14-/t23-,24-,25+,26+/m0/s1. The lowest BCUT2D eigenvalue weighted by atomic mass is 9.83. The number of carboxylic acid groups (broad SMARTS) is 1. The number of carbonyl (C=O) groups is 1. The summed E-state index contributed by atoms with van der Waals surface area (Å²) in [6.07, 6.45) is 18.8. The van der Waals surface area contributed by atoms with Crippen LogP contribution in [0.25, 0.3) is 0 Å².